The number of aromatic nitrogens is 1. The maximum atomic E-state index is 12.9. The van der Waals surface area contributed by atoms with Gasteiger partial charge in [0.15, 0.2) is 5.82 Å². The maximum Gasteiger partial charge on any atom is 0.296 e. The van der Waals surface area contributed by atoms with E-state index in [0.717, 1.165) is 23.1 Å². The number of nitrogens with two attached hydrogens (primary N) is 1. The molecule has 0 amide bonds. The zero-order chi connectivity index (χ0) is 21.3. The Bertz CT molecular complexity index is 1200. The van der Waals surface area contributed by atoms with Gasteiger partial charge in [-0.1, -0.05) is 48.9 Å². The molecule has 6 nitrogen and oxygen atoms in total. The van der Waals surface area contributed by atoms with Gasteiger partial charge in [-0.05, 0) is 37.5 Å². The number of para-hydroxylation sites is 1. The first-order valence-electron chi connectivity index (χ1n) is 9.04. The Kier molecular flexibility index (Phi) is 5.59. The van der Waals surface area contributed by atoms with Crippen molar-refractivity contribution in [3.05, 3.63) is 76.2 Å². The van der Waals surface area contributed by atoms with Crippen molar-refractivity contribution < 1.29 is 17.6 Å². The van der Waals surface area contributed by atoms with Crippen molar-refractivity contribution >= 4 is 21.7 Å². The molecule has 0 atom stereocenters. The van der Waals surface area contributed by atoms with E-state index in [4.69, 9.17) is 5.14 Å². The van der Waals surface area contributed by atoms with Gasteiger partial charge in [-0.15, -0.1) is 0 Å². The van der Waals surface area contributed by atoms with Crippen LogP contribution in [0.2, 0.25) is 0 Å². The third-order valence-electron chi connectivity index (χ3n) is 4.63. The van der Waals surface area contributed by atoms with Gasteiger partial charge in [0.1, 0.15) is 0 Å². The molecule has 2 aromatic rings. The number of anilines is 1. The molecule has 1 heterocycles. The Hall–Kier alpha value is -2.97. The van der Waals surface area contributed by atoms with E-state index >= 15 is 0 Å². The van der Waals surface area contributed by atoms with E-state index in [2.05, 4.69) is 9.71 Å². The standard InChI is InChI=1S/C13H10FNO.C8H12N2O2S/c1-6-3-4-8(7(2)5-6)13(16)12-9-10(14)11(9)15-12;1-2-7-5-3-4-6-8(7)10-13(9,11)12/h3-5,15H,1-2H3;3-6,10H,2H2,1H3,(H2,9,11,12). The lowest BCUT2D eigenvalue weighted by atomic mass is 9.99. The summed E-state index contributed by atoms with van der Waals surface area (Å²) in [4.78, 5) is 14.8. The number of carbonyl (C=O) groups is 1. The lowest BCUT2D eigenvalue weighted by Gasteiger charge is -2.08. The highest BCUT2D eigenvalue weighted by Gasteiger charge is 2.38. The van der Waals surface area contributed by atoms with E-state index in [-0.39, 0.29) is 11.6 Å². The van der Waals surface area contributed by atoms with E-state index in [1.807, 2.05) is 45.0 Å². The van der Waals surface area contributed by atoms with Crippen molar-refractivity contribution in [1.29, 1.82) is 0 Å². The number of fused-ring (bicyclic) bond motifs is 1. The van der Waals surface area contributed by atoms with E-state index in [1.54, 1.807) is 18.2 Å². The minimum absolute atomic E-state index is 0.121. The highest BCUT2D eigenvalue weighted by molar-refractivity contribution is 7.90. The Morgan fingerprint density at radius 1 is 1.17 bits per heavy atom. The van der Waals surface area contributed by atoms with Crippen LogP contribution in [-0.2, 0) is 16.6 Å². The molecule has 1 aliphatic heterocycles. The molecule has 0 saturated carbocycles. The zero-order valence-corrected chi connectivity index (χ0v) is 17.2. The van der Waals surface area contributed by atoms with Crippen LogP contribution in [0.4, 0.5) is 10.1 Å². The minimum atomic E-state index is -3.66. The van der Waals surface area contributed by atoms with Crippen LogP contribution in [0, 0.1) is 19.7 Å². The molecule has 152 valence electrons. The summed E-state index contributed by atoms with van der Waals surface area (Å²) in [6.07, 6.45) is 0.763. The molecule has 4 rings (SSSR count). The average molecular weight is 415 g/mol. The SMILES string of the molecule is CCc1ccccc1NS(N)(=O)=O.Cc1ccc(C(=O)c2[nH]c3c(F)c2-3)c(C)c1. The van der Waals surface area contributed by atoms with Crippen LogP contribution in [0.3, 0.4) is 0 Å². The average Bonchev–Trinajstić information content (AvgIpc) is 3.12. The van der Waals surface area contributed by atoms with Gasteiger partial charge in [0.25, 0.3) is 10.2 Å². The molecule has 0 aromatic heterocycles. The largest absolute Gasteiger partial charge is 0.349 e. The minimum Gasteiger partial charge on any atom is -0.349 e. The normalized spacial score (nSPS) is 11.5. The van der Waals surface area contributed by atoms with Crippen molar-refractivity contribution in [2.45, 2.75) is 27.2 Å². The summed E-state index contributed by atoms with van der Waals surface area (Å²) in [5.74, 6) is -0.378. The summed E-state index contributed by atoms with van der Waals surface area (Å²) in [6.45, 7) is 5.82. The first-order valence-corrected chi connectivity index (χ1v) is 10.6. The molecule has 1 aliphatic carbocycles. The summed E-state index contributed by atoms with van der Waals surface area (Å²) in [5, 5.41) is 4.85. The number of aryl methyl sites for hydroxylation is 3. The van der Waals surface area contributed by atoms with Crippen molar-refractivity contribution in [2.75, 3.05) is 4.72 Å². The number of halogens is 1. The topological polar surface area (TPSA) is 105 Å². The van der Waals surface area contributed by atoms with Gasteiger partial charge in [0.2, 0.25) is 5.78 Å². The Labute approximate surface area is 169 Å². The fourth-order valence-corrected chi connectivity index (χ4v) is 3.60. The monoisotopic (exact) mass is 415 g/mol. The molecule has 2 aliphatic rings. The van der Waals surface area contributed by atoms with Crippen molar-refractivity contribution in [2.24, 2.45) is 5.14 Å². The molecule has 2 aromatic carbocycles. The van der Waals surface area contributed by atoms with Crippen molar-refractivity contribution in [1.82, 2.24) is 4.98 Å². The van der Waals surface area contributed by atoms with Gasteiger partial charge in [-0.2, -0.15) is 8.42 Å². The van der Waals surface area contributed by atoms with Gasteiger partial charge in [-0.3, -0.25) is 9.52 Å². The number of aromatic amines is 1. The predicted octanol–water partition coefficient (Wildman–Crippen LogP) is 3.85. The number of H-pyrrole nitrogens is 1. The van der Waals surface area contributed by atoms with Crippen LogP contribution < -0.4 is 9.86 Å². The van der Waals surface area contributed by atoms with Gasteiger partial charge in [-0.25, -0.2) is 9.53 Å². The van der Waals surface area contributed by atoms with Gasteiger partial charge >= 0.3 is 0 Å². The second-order valence-electron chi connectivity index (χ2n) is 6.87. The Morgan fingerprint density at radius 2 is 1.86 bits per heavy atom. The maximum absolute atomic E-state index is 12.9. The first kappa shape index (κ1) is 20.8. The lowest BCUT2D eigenvalue weighted by Crippen LogP contribution is -2.22. The van der Waals surface area contributed by atoms with Crippen LogP contribution in [0.15, 0.2) is 42.5 Å². The van der Waals surface area contributed by atoms with Crippen LogP contribution in [0.1, 0.15) is 39.7 Å². The van der Waals surface area contributed by atoms with Gasteiger partial charge in [0, 0.05) is 5.56 Å². The molecule has 0 fully saturated rings. The fraction of sp³-hybridized carbons (Fsp3) is 0.190. The molecule has 4 N–H and O–H groups in total. The lowest BCUT2D eigenvalue weighted by molar-refractivity contribution is 0.103. The smallest absolute Gasteiger partial charge is 0.296 e. The number of benzene rings is 2. The number of nitrogens with one attached hydrogen (secondary N) is 2. The molecular formula is C21H22FN3O3S. The molecular weight excluding hydrogens is 393 g/mol. The third-order valence-corrected chi connectivity index (χ3v) is 5.13. The van der Waals surface area contributed by atoms with Crippen LogP contribution in [0.25, 0.3) is 11.3 Å². The molecule has 0 unspecified atom stereocenters. The number of hydrogen-bond donors (Lipinski definition) is 3. The summed E-state index contributed by atoms with van der Waals surface area (Å²) in [7, 11) is -3.66. The summed E-state index contributed by atoms with van der Waals surface area (Å²) < 4.78 is 36.6. The Balaban J connectivity index is 0.000000170. The number of hydrogen-bond acceptors (Lipinski definition) is 3. The zero-order valence-electron chi connectivity index (χ0n) is 16.3. The summed E-state index contributed by atoms with van der Waals surface area (Å²) in [6, 6.07) is 12.8. The summed E-state index contributed by atoms with van der Waals surface area (Å²) in [5.41, 5.74) is 5.56. The van der Waals surface area contributed by atoms with Crippen LogP contribution >= 0.6 is 0 Å². The first-order chi connectivity index (χ1) is 13.6. The fourth-order valence-electron chi connectivity index (χ4n) is 3.10. The van der Waals surface area contributed by atoms with Crippen molar-refractivity contribution in [3.8, 4) is 11.3 Å². The van der Waals surface area contributed by atoms with Gasteiger partial charge in [0.05, 0.1) is 22.6 Å². The van der Waals surface area contributed by atoms with Gasteiger partial charge < -0.3 is 4.98 Å². The Morgan fingerprint density at radius 3 is 2.38 bits per heavy atom. The third kappa shape index (κ3) is 4.55. The number of ketones is 1. The molecule has 29 heavy (non-hydrogen) atoms. The van der Waals surface area contributed by atoms with E-state index in [1.165, 1.54) is 0 Å². The van der Waals surface area contributed by atoms with Crippen molar-refractivity contribution in [3.63, 3.8) is 0 Å². The second kappa shape index (κ2) is 7.81. The van der Waals surface area contributed by atoms with Crippen LogP contribution in [-0.4, -0.2) is 19.2 Å². The molecule has 8 heteroatoms. The highest BCUT2D eigenvalue weighted by atomic mass is 32.2. The van der Waals surface area contributed by atoms with Crippen LogP contribution in [0.5, 0.6) is 0 Å². The second-order valence-corrected chi connectivity index (χ2v) is 8.16. The predicted molar refractivity (Wildman–Crippen MR) is 112 cm³/mol. The number of rotatable bonds is 5. The molecule has 0 radical (unpaired) electrons. The molecule has 0 spiro atoms. The van der Waals surface area contributed by atoms with E-state index < -0.39 is 10.2 Å². The highest BCUT2D eigenvalue weighted by Crippen LogP contribution is 2.45. The van der Waals surface area contributed by atoms with E-state index in [0.29, 0.717) is 28.2 Å². The molecule has 0 saturated heterocycles. The quantitative estimate of drug-likeness (QED) is 0.431. The molecule has 0 bridgehead atoms. The van der Waals surface area contributed by atoms with E-state index in [9.17, 15) is 17.6 Å². The number of carbonyl (C=O) groups excluding carboxylic acids is 1. The summed E-state index contributed by atoms with van der Waals surface area (Å²) >= 11 is 0.